The maximum Gasteiger partial charge on any atom is 0.223 e. The molecule has 0 bridgehead atoms. The van der Waals surface area contributed by atoms with Gasteiger partial charge in [-0.3, -0.25) is 4.79 Å². The quantitative estimate of drug-likeness (QED) is 0.624. The topological polar surface area (TPSA) is 66.5 Å². The molecule has 1 aromatic heterocycles. The Labute approximate surface area is 152 Å². The number of benzene rings is 1. The second-order valence-electron chi connectivity index (χ2n) is 5.66. The van der Waals surface area contributed by atoms with Gasteiger partial charge in [0.05, 0.1) is 31.9 Å². The highest BCUT2D eigenvalue weighted by atomic mass is 35.5. The number of ether oxygens (including phenoxy) is 1. The van der Waals surface area contributed by atoms with Gasteiger partial charge in [-0.2, -0.15) is 5.26 Å². The van der Waals surface area contributed by atoms with Gasteiger partial charge < -0.3 is 14.1 Å². The van der Waals surface area contributed by atoms with Crippen LogP contribution in [0.1, 0.15) is 30.6 Å². The Morgan fingerprint density at radius 1 is 1.40 bits per heavy atom. The molecule has 0 atom stereocenters. The van der Waals surface area contributed by atoms with Crippen molar-refractivity contribution in [1.29, 1.82) is 5.26 Å². The predicted octanol–water partition coefficient (Wildman–Crippen LogP) is 4.34. The van der Waals surface area contributed by atoms with Gasteiger partial charge in [-0.25, -0.2) is 0 Å². The summed E-state index contributed by atoms with van der Waals surface area (Å²) in [5.41, 5.74) is 0.965. The van der Waals surface area contributed by atoms with Crippen molar-refractivity contribution in [1.82, 2.24) is 4.90 Å². The first-order valence-electron chi connectivity index (χ1n) is 8.16. The van der Waals surface area contributed by atoms with E-state index in [-0.39, 0.29) is 5.91 Å². The summed E-state index contributed by atoms with van der Waals surface area (Å²) in [6.07, 6.45) is 2.83. The fourth-order valence-corrected chi connectivity index (χ4v) is 2.63. The van der Waals surface area contributed by atoms with Crippen molar-refractivity contribution in [2.75, 3.05) is 13.2 Å². The summed E-state index contributed by atoms with van der Waals surface area (Å²) in [7, 11) is 0. The van der Waals surface area contributed by atoms with Crippen molar-refractivity contribution in [3.8, 4) is 11.8 Å². The Kier molecular flexibility index (Phi) is 7.36. The van der Waals surface area contributed by atoms with E-state index in [4.69, 9.17) is 26.0 Å². The molecule has 25 heavy (non-hydrogen) atoms. The molecule has 1 aromatic carbocycles. The van der Waals surface area contributed by atoms with Crippen molar-refractivity contribution in [2.45, 2.75) is 32.7 Å². The Morgan fingerprint density at radius 2 is 2.24 bits per heavy atom. The molecule has 0 aliphatic heterocycles. The Bertz CT molecular complexity index is 723. The maximum absolute atomic E-state index is 12.4. The summed E-state index contributed by atoms with van der Waals surface area (Å²) in [5.74, 6) is 1.47. The molecule has 0 aliphatic carbocycles. The smallest absolute Gasteiger partial charge is 0.223 e. The molecule has 0 unspecified atom stereocenters. The molecule has 0 saturated heterocycles. The van der Waals surface area contributed by atoms with Crippen LogP contribution in [0.5, 0.6) is 5.75 Å². The number of nitriles is 1. The summed E-state index contributed by atoms with van der Waals surface area (Å²) in [5, 5.41) is 9.44. The Balaban J connectivity index is 1.80. The molecule has 1 heterocycles. The van der Waals surface area contributed by atoms with Gasteiger partial charge in [-0.1, -0.05) is 11.6 Å². The summed E-state index contributed by atoms with van der Waals surface area (Å²) < 4.78 is 11.0. The number of aryl methyl sites for hydroxylation is 1. The monoisotopic (exact) mass is 360 g/mol. The van der Waals surface area contributed by atoms with E-state index in [9.17, 15) is 4.79 Å². The third-order valence-electron chi connectivity index (χ3n) is 3.70. The Hall–Kier alpha value is -2.45. The molecule has 0 spiro atoms. The maximum atomic E-state index is 12.4. The molecule has 2 aromatic rings. The van der Waals surface area contributed by atoms with Crippen molar-refractivity contribution < 1.29 is 13.9 Å². The van der Waals surface area contributed by atoms with Crippen molar-refractivity contribution in [3.05, 3.63) is 52.9 Å². The zero-order chi connectivity index (χ0) is 18.1. The van der Waals surface area contributed by atoms with Gasteiger partial charge in [-0.05, 0) is 49.2 Å². The average molecular weight is 361 g/mol. The van der Waals surface area contributed by atoms with Crippen LogP contribution in [-0.4, -0.2) is 24.0 Å². The van der Waals surface area contributed by atoms with E-state index in [1.807, 2.05) is 25.1 Å². The molecule has 0 radical (unpaired) electrons. The van der Waals surface area contributed by atoms with Gasteiger partial charge >= 0.3 is 0 Å². The third kappa shape index (κ3) is 6.17. The molecule has 2 rings (SSSR count). The molecule has 0 saturated carbocycles. The van der Waals surface area contributed by atoms with Crippen LogP contribution in [0.15, 0.2) is 41.0 Å². The second-order valence-corrected chi connectivity index (χ2v) is 6.10. The Morgan fingerprint density at radius 3 is 2.92 bits per heavy atom. The standard InChI is InChI=1S/C19H21ClN2O3/c1-15-13-16(20)7-8-18(15)25-12-3-6-19(23)22(10-4-9-21)14-17-5-2-11-24-17/h2,5,7-8,11,13H,3-4,6,10,12,14H2,1H3. The minimum atomic E-state index is -0.0110. The molecule has 1 amide bonds. The van der Waals surface area contributed by atoms with Gasteiger partial charge in [0, 0.05) is 18.0 Å². The summed E-state index contributed by atoms with van der Waals surface area (Å²) in [6, 6.07) is 11.1. The minimum Gasteiger partial charge on any atom is -0.493 e. The van der Waals surface area contributed by atoms with Crippen molar-refractivity contribution >= 4 is 17.5 Å². The zero-order valence-corrected chi connectivity index (χ0v) is 15.0. The molecule has 6 heteroatoms. The number of rotatable bonds is 9. The van der Waals surface area contributed by atoms with E-state index in [0.29, 0.717) is 49.7 Å². The van der Waals surface area contributed by atoms with Gasteiger partial charge in [-0.15, -0.1) is 0 Å². The van der Waals surface area contributed by atoms with E-state index < -0.39 is 0 Å². The van der Waals surface area contributed by atoms with E-state index in [1.54, 1.807) is 23.3 Å². The van der Waals surface area contributed by atoms with Crippen LogP contribution in [0.3, 0.4) is 0 Å². The molecule has 0 N–H and O–H groups in total. The molecule has 5 nitrogen and oxygen atoms in total. The first-order valence-corrected chi connectivity index (χ1v) is 8.54. The van der Waals surface area contributed by atoms with Crippen LogP contribution in [0, 0.1) is 18.3 Å². The lowest BCUT2D eigenvalue weighted by Crippen LogP contribution is -2.31. The highest BCUT2D eigenvalue weighted by Crippen LogP contribution is 2.22. The molecule has 132 valence electrons. The van der Waals surface area contributed by atoms with Crippen LogP contribution in [0.25, 0.3) is 0 Å². The van der Waals surface area contributed by atoms with Crippen LogP contribution in [-0.2, 0) is 11.3 Å². The fourth-order valence-electron chi connectivity index (χ4n) is 2.41. The lowest BCUT2D eigenvalue weighted by atomic mass is 10.2. The van der Waals surface area contributed by atoms with Crippen molar-refractivity contribution in [2.24, 2.45) is 0 Å². The SMILES string of the molecule is Cc1cc(Cl)ccc1OCCCC(=O)N(CCC#N)Cc1ccco1. The highest BCUT2D eigenvalue weighted by Gasteiger charge is 2.15. The summed E-state index contributed by atoms with van der Waals surface area (Å²) >= 11 is 5.92. The fraction of sp³-hybridized carbons (Fsp3) is 0.368. The summed E-state index contributed by atoms with van der Waals surface area (Å²) in [6.45, 7) is 3.15. The molecular formula is C19H21ClN2O3. The third-order valence-corrected chi connectivity index (χ3v) is 3.94. The number of halogens is 1. The molecular weight excluding hydrogens is 340 g/mol. The number of carbonyl (C=O) groups excluding carboxylic acids is 1. The van der Waals surface area contributed by atoms with Gasteiger partial charge in [0.15, 0.2) is 0 Å². The van der Waals surface area contributed by atoms with Crippen molar-refractivity contribution in [3.63, 3.8) is 0 Å². The molecule has 0 fully saturated rings. The lowest BCUT2D eigenvalue weighted by molar-refractivity contribution is -0.132. The van der Waals surface area contributed by atoms with E-state index in [0.717, 1.165) is 11.3 Å². The first-order chi connectivity index (χ1) is 12.1. The van der Waals surface area contributed by atoms with Crippen LogP contribution >= 0.6 is 11.6 Å². The van der Waals surface area contributed by atoms with Gasteiger partial charge in [0.25, 0.3) is 0 Å². The molecule has 0 aliphatic rings. The van der Waals surface area contributed by atoms with E-state index >= 15 is 0 Å². The van der Waals surface area contributed by atoms with Crippen LogP contribution in [0.4, 0.5) is 0 Å². The first kappa shape index (κ1) is 18.9. The predicted molar refractivity (Wildman–Crippen MR) is 95.3 cm³/mol. The normalized spacial score (nSPS) is 10.3. The largest absolute Gasteiger partial charge is 0.493 e. The number of nitrogens with zero attached hydrogens (tertiary/aromatic N) is 2. The summed E-state index contributed by atoms with van der Waals surface area (Å²) in [4.78, 5) is 14.0. The number of amides is 1. The lowest BCUT2D eigenvalue weighted by Gasteiger charge is -2.20. The number of furan rings is 1. The highest BCUT2D eigenvalue weighted by molar-refractivity contribution is 6.30. The minimum absolute atomic E-state index is 0.0110. The van der Waals surface area contributed by atoms with Crippen LogP contribution < -0.4 is 4.74 Å². The second kappa shape index (κ2) is 9.75. The number of hydrogen-bond acceptors (Lipinski definition) is 4. The van der Waals surface area contributed by atoms with E-state index in [2.05, 4.69) is 6.07 Å². The van der Waals surface area contributed by atoms with Gasteiger partial charge in [0.2, 0.25) is 5.91 Å². The zero-order valence-electron chi connectivity index (χ0n) is 14.2. The average Bonchev–Trinajstić information content (AvgIpc) is 3.10. The number of carbonyl (C=O) groups is 1. The number of hydrogen-bond donors (Lipinski definition) is 0. The van der Waals surface area contributed by atoms with E-state index in [1.165, 1.54) is 0 Å². The van der Waals surface area contributed by atoms with Crippen LogP contribution in [0.2, 0.25) is 5.02 Å². The van der Waals surface area contributed by atoms with Gasteiger partial charge in [0.1, 0.15) is 11.5 Å².